The van der Waals surface area contributed by atoms with Gasteiger partial charge < -0.3 is 14.8 Å². The molecule has 0 aliphatic carbocycles. The second kappa shape index (κ2) is 5.95. The number of ether oxygens (including phenoxy) is 2. The summed E-state index contributed by atoms with van der Waals surface area (Å²) in [6.45, 7) is 3.95. The fourth-order valence-corrected chi connectivity index (χ4v) is 1.47. The summed E-state index contributed by atoms with van der Waals surface area (Å²) < 4.78 is 9.91. The number of hydrogen-bond acceptors (Lipinski definition) is 5. The van der Waals surface area contributed by atoms with E-state index in [-0.39, 0.29) is 12.0 Å². The molecule has 1 aliphatic rings. The minimum absolute atomic E-state index is 0.209. The number of carbonyl (C=O) groups is 1. The molecular weight excluding hydrogens is 184 g/mol. The molecule has 5 nitrogen and oxygen atoms in total. The lowest BCUT2D eigenvalue weighted by Gasteiger charge is -2.29. The van der Waals surface area contributed by atoms with Gasteiger partial charge in [-0.15, -0.1) is 0 Å². The van der Waals surface area contributed by atoms with Crippen molar-refractivity contribution in [3.05, 3.63) is 0 Å². The number of rotatable bonds is 4. The van der Waals surface area contributed by atoms with Crippen LogP contribution in [0.15, 0.2) is 0 Å². The van der Waals surface area contributed by atoms with Crippen LogP contribution in [0.3, 0.4) is 0 Å². The molecule has 5 heteroatoms. The van der Waals surface area contributed by atoms with Gasteiger partial charge in [0, 0.05) is 19.6 Å². The van der Waals surface area contributed by atoms with Gasteiger partial charge in [-0.05, 0) is 7.05 Å². The molecule has 0 saturated carbocycles. The van der Waals surface area contributed by atoms with Crippen LogP contribution in [0.5, 0.6) is 0 Å². The van der Waals surface area contributed by atoms with Crippen molar-refractivity contribution >= 4 is 5.97 Å². The zero-order chi connectivity index (χ0) is 10.4. The highest BCUT2D eigenvalue weighted by Crippen LogP contribution is 1.99. The van der Waals surface area contributed by atoms with E-state index in [1.54, 1.807) is 7.05 Å². The van der Waals surface area contributed by atoms with Crippen molar-refractivity contribution in [1.82, 2.24) is 10.2 Å². The maximum absolute atomic E-state index is 11.3. The maximum atomic E-state index is 11.3. The topological polar surface area (TPSA) is 50.8 Å². The van der Waals surface area contributed by atoms with Crippen LogP contribution in [0.2, 0.25) is 0 Å². The molecule has 1 rings (SSSR count). The first-order valence-corrected chi connectivity index (χ1v) is 4.83. The highest BCUT2D eigenvalue weighted by molar-refractivity contribution is 5.75. The zero-order valence-corrected chi connectivity index (χ0v) is 8.78. The molecule has 1 N–H and O–H groups in total. The van der Waals surface area contributed by atoms with E-state index in [2.05, 4.69) is 15.0 Å². The molecule has 0 aromatic heterocycles. The first-order valence-electron chi connectivity index (χ1n) is 4.83. The van der Waals surface area contributed by atoms with Crippen LogP contribution in [0.4, 0.5) is 0 Å². The number of morpholine rings is 1. The number of nitrogens with one attached hydrogen (secondary N) is 1. The minimum atomic E-state index is -0.238. The van der Waals surface area contributed by atoms with Gasteiger partial charge in [-0.25, -0.2) is 0 Å². The van der Waals surface area contributed by atoms with Crippen LogP contribution in [0.1, 0.15) is 0 Å². The van der Waals surface area contributed by atoms with Crippen LogP contribution in [-0.2, 0) is 14.3 Å². The third-order valence-corrected chi connectivity index (χ3v) is 2.38. The molecule has 14 heavy (non-hydrogen) atoms. The van der Waals surface area contributed by atoms with Gasteiger partial charge in [0.25, 0.3) is 0 Å². The lowest BCUT2D eigenvalue weighted by molar-refractivity contribution is -0.143. The van der Waals surface area contributed by atoms with Crippen LogP contribution in [-0.4, -0.2) is 63.9 Å². The molecule has 1 unspecified atom stereocenters. The zero-order valence-electron chi connectivity index (χ0n) is 8.78. The Hall–Kier alpha value is -0.650. The predicted octanol–water partition coefficient (Wildman–Crippen LogP) is -0.920. The van der Waals surface area contributed by atoms with E-state index in [9.17, 15) is 4.79 Å². The number of carbonyl (C=O) groups excluding carboxylic acids is 1. The molecule has 0 spiro atoms. The Morgan fingerprint density at radius 2 is 2.21 bits per heavy atom. The van der Waals surface area contributed by atoms with E-state index in [1.165, 1.54) is 7.11 Å². The Morgan fingerprint density at radius 1 is 1.57 bits per heavy atom. The summed E-state index contributed by atoms with van der Waals surface area (Å²) >= 11 is 0. The molecule has 0 aromatic rings. The van der Waals surface area contributed by atoms with Crippen molar-refractivity contribution in [3.8, 4) is 0 Å². The maximum Gasteiger partial charge on any atom is 0.324 e. The van der Waals surface area contributed by atoms with E-state index in [0.717, 1.165) is 26.3 Å². The number of nitrogens with zero attached hydrogens (tertiary/aromatic N) is 1. The van der Waals surface area contributed by atoms with Gasteiger partial charge >= 0.3 is 5.97 Å². The van der Waals surface area contributed by atoms with E-state index < -0.39 is 0 Å². The van der Waals surface area contributed by atoms with Crippen molar-refractivity contribution in [2.24, 2.45) is 0 Å². The Morgan fingerprint density at radius 3 is 2.71 bits per heavy atom. The van der Waals surface area contributed by atoms with Crippen LogP contribution >= 0.6 is 0 Å². The second-order valence-corrected chi connectivity index (χ2v) is 3.28. The Kier molecular flexibility index (Phi) is 4.86. The number of esters is 1. The van der Waals surface area contributed by atoms with Gasteiger partial charge in [0.05, 0.1) is 20.3 Å². The summed E-state index contributed by atoms with van der Waals surface area (Å²) in [5.74, 6) is -0.209. The monoisotopic (exact) mass is 202 g/mol. The fourth-order valence-electron chi connectivity index (χ4n) is 1.47. The van der Waals surface area contributed by atoms with Gasteiger partial charge in [-0.1, -0.05) is 0 Å². The Labute approximate surface area is 84.4 Å². The quantitative estimate of drug-likeness (QED) is 0.597. The average molecular weight is 202 g/mol. The molecule has 1 saturated heterocycles. The molecule has 0 amide bonds. The predicted molar refractivity (Wildman–Crippen MR) is 52.1 cm³/mol. The van der Waals surface area contributed by atoms with Gasteiger partial charge in [0.1, 0.15) is 6.04 Å². The summed E-state index contributed by atoms with van der Waals surface area (Å²) in [6, 6.07) is -0.238. The number of hydrogen-bond donors (Lipinski definition) is 1. The van der Waals surface area contributed by atoms with E-state index in [4.69, 9.17) is 4.74 Å². The molecule has 0 aromatic carbocycles. The smallest absolute Gasteiger partial charge is 0.324 e. The summed E-state index contributed by atoms with van der Waals surface area (Å²) in [7, 11) is 3.17. The van der Waals surface area contributed by atoms with Crippen molar-refractivity contribution in [2.75, 3.05) is 47.0 Å². The molecule has 0 bridgehead atoms. The van der Waals surface area contributed by atoms with Gasteiger partial charge in [0.15, 0.2) is 0 Å². The fraction of sp³-hybridized carbons (Fsp3) is 0.889. The summed E-state index contributed by atoms with van der Waals surface area (Å²) in [4.78, 5) is 13.5. The van der Waals surface area contributed by atoms with Crippen molar-refractivity contribution in [2.45, 2.75) is 6.04 Å². The molecule has 82 valence electrons. The van der Waals surface area contributed by atoms with E-state index in [0.29, 0.717) is 6.54 Å². The largest absolute Gasteiger partial charge is 0.468 e. The standard InChI is InChI=1S/C9H18N2O3/c1-10-8(9(12)13-2)7-11-3-5-14-6-4-11/h8,10H,3-7H2,1-2H3. The van der Waals surface area contributed by atoms with Crippen molar-refractivity contribution in [1.29, 1.82) is 0 Å². The lowest BCUT2D eigenvalue weighted by atomic mass is 10.2. The van der Waals surface area contributed by atoms with Crippen LogP contribution in [0.25, 0.3) is 0 Å². The third-order valence-electron chi connectivity index (χ3n) is 2.38. The summed E-state index contributed by atoms with van der Waals surface area (Å²) in [5.41, 5.74) is 0. The van der Waals surface area contributed by atoms with Crippen molar-refractivity contribution < 1.29 is 14.3 Å². The highest BCUT2D eigenvalue weighted by atomic mass is 16.5. The van der Waals surface area contributed by atoms with Gasteiger partial charge in [0.2, 0.25) is 0 Å². The summed E-state index contributed by atoms with van der Waals surface area (Å²) in [5, 5.41) is 2.94. The summed E-state index contributed by atoms with van der Waals surface area (Å²) in [6.07, 6.45) is 0. The molecule has 1 atom stereocenters. The molecule has 1 fully saturated rings. The Balaban J connectivity index is 2.34. The minimum Gasteiger partial charge on any atom is -0.468 e. The normalized spacial score (nSPS) is 20.4. The SMILES string of the molecule is CNC(CN1CCOCC1)C(=O)OC. The van der Waals surface area contributed by atoms with Crippen LogP contribution in [0, 0.1) is 0 Å². The lowest BCUT2D eigenvalue weighted by Crippen LogP contribution is -2.48. The first kappa shape index (κ1) is 11.4. The van der Waals surface area contributed by atoms with Crippen LogP contribution < -0.4 is 5.32 Å². The number of likely N-dealkylation sites (N-methyl/N-ethyl adjacent to an activating group) is 1. The number of methoxy groups -OCH3 is 1. The molecule has 1 aliphatic heterocycles. The third kappa shape index (κ3) is 3.25. The molecule has 1 heterocycles. The highest BCUT2D eigenvalue weighted by Gasteiger charge is 2.21. The first-order chi connectivity index (χ1) is 6.77. The van der Waals surface area contributed by atoms with Gasteiger partial charge in [-0.3, -0.25) is 9.69 Å². The second-order valence-electron chi connectivity index (χ2n) is 3.28. The van der Waals surface area contributed by atoms with E-state index in [1.807, 2.05) is 0 Å². The van der Waals surface area contributed by atoms with E-state index >= 15 is 0 Å². The Bertz CT molecular complexity index is 181. The van der Waals surface area contributed by atoms with Gasteiger partial charge in [-0.2, -0.15) is 0 Å². The average Bonchev–Trinajstić information content (AvgIpc) is 2.26. The molecular formula is C9H18N2O3. The van der Waals surface area contributed by atoms with Crippen molar-refractivity contribution in [3.63, 3.8) is 0 Å². The molecule has 0 radical (unpaired) electrons.